The second kappa shape index (κ2) is 7.88. The summed E-state index contributed by atoms with van der Waals surface area (Å²) in [7, 11) is 0. The molecule has 2 aromatic carbocycles. The van der Waals surface area contributed by atoms with Crippen LogP contribution in [-0.4, -0.2) is 21.6 Å². The van der Waals surface area contributed by atoms with Gasteiger partial charge >= 0.3 is 0 Å². The van der Waals surface area contributed by atoms with Gasteiger partial charge in [-0.25, -0.2) is 0 Å². The third-order valence-corrected chi connectivity index (χ3v) is 4.19. The van der Waals surface area contributed by atoms with Crippen molar-refractivity contribution in [2.75, 3.05) is 5.32 Å². The molecule has 3 rings (SSSR count). The Morgan fingerprint density at radius 1 is 1.04 bits per heavy atom. The maximum atomic E-state index is 12.8. The molecule has 134 valence electrons. The van der Waals surface area contributed by atoms with Crippen LogP contribution in [0.15, 0.2) is 71.3 Å². The maximum Gasteiger partial charge on any atom is 0.274 e. The normalized spacial score (nSPS) is 10.3. The number of carbonyl (C=O) groups excluding carboxylic acids is 2. The Kier molecular flexibility index (Phi) is 5.37. The Balaban J connectivity index is 2.00. The highest BCUT2D eigenvalue weighted by Gasteiger charge is 2.20. The van der Waals surface area contributed by atoms with E-state index in [4.69, 9.17) is 0 Å². The molecule has 27 heavy (non-hydrogen) atoms. The molecule has 1 heterocycles. The highest BCUT2D eigenvalue weighted by atomic mass is 79.9. The molecule has 0 unspecified atom stereocenters. The van der Waals surface area contributed by atoms with Gasteiger partial charge in [0.25, 0.3) is 11.6 Å². The number of carbonyl (C=O) groups is 2. The molecule has 0 spiro atoms. The van der Waals surface area contributed by atoms with E-state index in [0.717, 1.165) is 6.07 Å². The van der Waals surface area contributed by atoms with Crippen molar-refractivity contribution in [2.24, 2.45) is 0 Å². The Labute approximate surface area is 162 Å². The SMILES string of the molecule is O=C(Nc1ccc([N+](=O)[O-])cc1C(=O)c1ccccc1)c1cc(Br)ccn1. The van der Waals surface area contributed by atoms with E-state index in [2.05, 4.69) is 26.2 Å². The van der Waals surface area contributed by atoms with Crippen molar-refractivity contribution in [2.45, 2.75) is 0 Å². The zero-order chi connectivity index (χ0) is 19.4. The molecule has 8 heteroatoms. The number of halogens is 1. The van der Waals surface area contributed by atoms with Crippen molar-refractivity contribution in [3.63, 3.8) is 0 Å². The van der Waals surface area contributed by atoms with Crippen LogP contribution in [0.3, 0.4) is 0 Å². The number of hydrogen-bond donors (Lipinski definition) is 1. The van der Waals surface area contributed by atoms with Crippen LogP contribution >= 0.6 is 15.9 Å². The van der Waals surface area contributed by atoms with E-state index < -0.39 is 16.6 Å². The first-order chi connectivity index (χ1) is 13.0. The van der Waals surface area contributed by atoms with Gasteiger partial charge in [0.2, 0.25) is 0 Å². The molecular weight excluding hydrogens is 414 g/mol. The van der Waals surface area contributed by atoms with E-state index in [9.17, 15) is 19.7 Å². The lowest BCUT2D eigenvalue weighted by molar-refractivity contribution is -0.384. The first kappa shape index (κ1) is 18.4. The van der Waals surface area contributed by atoms with Crippen molar-refractivity contribution < 1.29 is 14.5 Å². The third-order valence-electron chi connectivity index (χ3n) is 3.70. The lowest BCUT2D eigenvalue weighted by Crippen LogP contribution is -2.16. The summed E-state index contributed by atoms with van der Waals surface area (Å²) in [4.78, 5) is 39.8. The number of benzene rings is 2. The summed E-state index contributed by atoms with van der Waals surface area (Å²) in [6.45, 7) is 0. The fraction of sp³-hybridized carbons (Fsp3) is 0. The molecule has 0 atom stereocenters. The van der Waals surface area contributed by atoms with Crippen LogP contribution in [0.5, 0.6) is 0 Å². The van der Waals surface area contributed by atoms with E-state index in [0.29, 0.717) is 10.0 Å². The summed E-state index contributed by atoms with van der Waals surface area (Å²) in [6.07, 6.45) is 1.46. The van der Waals surface area contributed by atoms with Gasteiger partial charge in [0.15, 0.2) is 5.78 Å². The van der Waals surface area contributed by atoms with Gasteiger partial charge in [-0.3, -0.25) is 24.7 Å². The van der Waals surface area contributed by atoms with E-state index in [1.165, 1.54) is 24.4 Å². The highest BCUT2D eigenvalue weighted by Crippen LogP contribution is 2.25. The van der Waals surface area contributed by atoms with E-state index in [-0.39, 0.29) is 22.6 Å². The molecule has 3 aromatic rings. The Bertz CT molecular complexity index is 1040. The average molecular weight is 426 g/mol. The molecule has 0 fully saturated rings. The number of nitrogens with zero attached hydrogens (tertiary/aromatic N) is 2. The van der Waals surface area contributed by atoms with Gasteiger partial charge in [0, 0.05) is 28.4 Å². The van der Waals surface area contributed by atoms with Crippen LogP contribution in [-0.2, 0) is 0 Å². The minimum atomic E-state index is -0.594. The first-order valence-electron chi connectivity index (χ1n) is 7.77. The fourth-order valence-corrected chi connectivity index (χ4v) is 2.74. The molecule has 0 saturated carbocycles. The van der Waals surface area contributed by atoms with Gasteiger partial charge in [0.05, 0.1) is 16.2 Å². The molecule has 1 N–H and O–H groups in total. The minimum Gasteiger partial charge on any atom is -0.320 e. The van der Waals surface area contributed by atoms with Crippen LogP contribution in [0.2, 0.25) is 0 Å². The molecular formula is C19H12BrN3O4. The summed E-state index contributed by atoms with van der Waals surface area (Å²) < 4.78 is 0.673. The second-order valence-corrected chi connectivity index (χ2v) is 6.41. The molecule has 0 saturated heterocycles. The lowest BCUT2D eigenvalue weighted by atomic mass is 10.0. The predicted octanol–water partition coefficient (Wildman–Crippen LogP) is 4.24. The molecule has 0 aliphatic rings. The number of nitrogens with one attached hydrogen (secondary N) is 1. The first-order valence-corrected chi connectivity index (χ1v) is 8.56. The zero-order valence-electron chi connectivity index (χ0n) is 13.8. The molecule has 0 radical (unpaired) electrons. The van der Waals surface area contributed by atoms with Crippen LogP contribution in [0.4, 0.5) is 11.4 Å². The highest BCUT2D eigenvalue weighted by molar-refractivity contribution is 9.10. The van der Waals surface area contributed by atoms with Crippen molar-refractivity contribution in [3.8, 4) is 0 Å². The molecule has 0 aliphatic carbocycles. The van der Waals surface area contributed by atoms with Gasteiger partial charge < -0.3 is 5.32 Å². The number of hydrogen-bond acceptors (Lipinski definition) is 5. The van der Waals surface area contributed by atoms with Gasteiger partial charge in [-0.15, -0.1) is 0 Å². The average Bonchev–Trinajstić information content (AvgIpc) is 2.68. The molecule has 7 nitrogen and oxygen atoms in total. The molecule has 0 bridgehead atoms. The van der Waals surface area contributed by atoms with E-state index in [1.807, 2.05) is 0 Å². The molecule has 1 amide bonds. The summed E-state index contributed by atoms with van der Waals surface area (Å²) in [5.74, 6) is -0.968. The van der Waals surface area contributed by atoms with E-state index in [1.54, 1.807) is 36.4 Å². The fourth-order valence-electron chi connectivity index (χ4n) is 2.40. The minimum absolute atomic E-state index is 0.0266. The number of amides is 1. The predicted molar refractivity (Wildman–Crippen MR) is 103 cm³/mol. The topological polar surface area (TPSA) is 102 Å². The van der Waals surface area contributed by atoms with Crippen molar-refractivity contribution >= 4 is 39.0 Å². The van der Waals surface area contributed by atoms with Crippen LogP contribution < -0.4 is 5.32 Å². The van der Waals surface area contributed by atoms with Gasteiger partial charge in [-0.1, -0.05) is 46.3 Å². The van der Waals surface area contributed by atoms with Crippen LogP contribution in [0.1, 0.15) is 26.4 Å². The van der Waals surface area contributed by atoms with Crippen molar-refractivity contribution in [1.29, 1.82) is 0 Å². The third kappa shape index (κ3) is 4.24. The number of pyridine rings is 1. The number of rotatable bonds is 5. The lowest BCUT2D eigenvalue weighted by Gasteiger charge is -2.10. The van der Waals surface area contributed by atoms with Gasteiger partial charge in [-0.05, 0) is 18.2 Å². The second-order valence-electron chi connectivity index (χ2n) is 5.50. The number of anilines is 1. The zero-order valence-corrected chi connectivity index (χ0v) is 15.3. The Morgan fingerprint density at radius 3 is 2.44 bits per heavy atom. The Morgan fingerprint density at radius 2 is 1.78 bits per heavy atom. The number of nitro benzene ring substituents is 1. The number of aromatic nitrogens is 1. The van der Waals surface area contributed by atoms with Crippen LogP contribution in [0.25, 0.3) is 0 Å². The quantitative estimate of drug-likeness (QED) is 0.374. The largest absolute Gasteiger partial charge is 0.320 e. The molecule has 0 aliphatic heterocycles. The summed E-state index contributed by atoms with van der Waals surface area (Å²) in [6, 6.07) is 15.3. The van der Waals surface area contributed by atoms with E-state index >= 15 is 0 Å². The van der Waals surface area contributed by atoms with Crippen molar-refractivity contribution in [1.82, 2.24) is 4.98 Å². The van der Waals surface area contributed by atoms with Gasteiger partial charge in [0.1, 0.15) is 5.69 Å². The molecule has 1 aromatic heterocycles. The summed E-state index contributed by atoms with van der Waals surface area (Å²) in [5.41, 5.74) is 0.447. The Hall–Kier alpha value is -3.39. The smallest absolute Gasteiger partial charge is 0.274 e. The van der Waals surface area contributed by atoms with Crippen LogP contribution in [0, 0.1) is 10.1 Å². The monoisotopic (exact) mass is 425 g/mol. The van der Waals surface area contributed by atoms with Gasteiger partial charge in [-0.2, -0.15) is 0 Å². The standard InChI is InChI=1S/C19H12BrN3O4/c20-13-8-9-21-17(10-13)19(25)22-16-7-6-14(23(26)27)11-15(16)18(24)12-4-2-1-3-5-12/h1-11H,(H,22,25). The number of nitro groups is 1. The summed E-state index contributed by atoms with van der Waals surface area (Å²) in [5, 5.41) is 13.7. The number of ketones is 1. The van der Waals surface area contributed by atoms with Crippen molar-refractivity contribution in [3.05, 3.63) is 98.3 Å². The summed E-state index contributed by atoms with van der Waals surface area (Å²) >= 11 is 3.26. The number of non-ortho nitro benzene ring substituents is 1. The maximum absolute atomic E-state index is 12.8.